The molecule has 0 aliphatic rings. The van der Waals surface area contributed by atoms with Crippen molar-refractivity contribution in [1.82, 2.24) is 5.32 Å². The highest BCUT2D eigenvalue weighted by Gasteiger charge is 2.06. The minimum atomic E-state index is -1.04. The molecule has 0 fully saturated rings. The lowest BCUT2D eigenvalue weighted by atomic mass is 10.2. The Hall–Kier alpha value is -2.82. The van der Waals surface area contributed by atoms with Crippen LogP contribution < -0.4 is 10.1 Å². The van der Waals surface area contributed by atoms with Crippen LogP contribution in [0.4, 0.5) is 0 Å². The second-order valence-corrected chi connectivity index (χ2v) is 4.38. The van der Waals surface area contributed by atoms with Gasteiger partial charge in [-0.3, -0.25) is 4.79 Å². The van der Waals surface area contributed by atoms with E-state index in [1.807, 2.05) is 30.3 Å². The lowest BCUT2D eigenvalue weighted by Gasteiger charge is -2.07. The predicted octanol–water partition coefficient (Wildman–Crippen LogP) is 2.08. The van der Waals surface area contributed by atoms with E-state index in [2.05, 4.69) is 5.32 Å². The Morgan fingerprint density at radius 2 is 1.67 bits per heavy atom. The van der Waals surface area contributed by atoms with Gasteiger partial charge in [-0.15, -0.1) is 0 Å². The van der Waals surface area contributed by atoms with Crippen molar-refractivity contribution < 1.29 is 19.4 Å². The third-order valence-electron chi connectivity index (χ3n) is 2.77. The van der Waals surface area contributed by atoms with Crippen molar-refractivity contribution in [3.63, 3.8) is 0 Å². The molecule has 0 aromatic heterocycles. The first kappa shape index (κ1) is 14.6. The Balaban J connectivity index is 1.89. The van der Waals surface area contributed by atoms with Gasteiger partial charge in [-0.1, -0.05) is 30.3 Å². The van der Waals surface area contributed by atoms with Crippen LogP contribution in [0.3, 0.4) is 0 Å². The lowest BCUT2D eigenvalue weighted by molar-refractivity contribution is -0.139. The summed E-state index contributed by atoms with van der Waals surface area (Å²) in [7, 11) is 0. The summed E-state index contributed by atoms with van der Waals surface area (Å²) in [5, 5.41) is 11.3. The molecular weight excluding hydrogens is 270 g/mol. The number of carbonyl (C=O) groups is 2. The average molecular weight is 285 g/mol. The maximum absolute atomic E-state index is 11.9. The number of carboxylic acids is 1. The summed E-state index contributed by atoms with van der Waals surface area (Å²) in [6.07, 6.45) is 0. The first-order chi connectivity index (χ1) is 10.1. The molecule has 5 heteroatoms. The molecule has 2 aromatic rings. The number of amides is 1. The summed E-state index contributed by atoms with van der Waals surface area (Å²) >= 11 is 0. The highest BCUT2D eigenvalue weighted by Crippen LogP contribution is 2.12. The molecule has 21 heavy (non-hydrogen) atoms. The van der Waals surface area contributed by atoms with Crippen LogP contribution in [0.5, 0.6) is 5.75 Å². The standard InChI is InChI=1S/C16H15NO4/c18-15(19)11-21-14-8-6-13(7-9-14)16(20)17-10-12-4-2-1-3-5-12/h1-9H,10-11H2,(H,17,20)(H,18,19). The lowest BCUT2D eigenvalue weighted by Crippen LogP contribution is -2.22. The van der Waals surface area contributed by atoms with E-state index in [4.69, 9.17) is 9.84 Å². The van der Waals surface area contributed by atoms with Gasteiger partial charge < -0.3 is 15.2 Å². The number of benzene rings is 2. The number of hydrogen-bond acceptors (Lipinski definition) is 3. The van der Waals surface area contributed by atoms with Gasteiger partial charge >= 0.3 is 5.97 Å². The molecule has 2 rings (SSSR count). The largest absolute Gasteiger partial charge is 0.482 e. The van der Waals surface area contributed by atoms with Gasteiger partial charge in [-0.2, -0.15) is 0 Å². The first-order valence-corrected chi connectivity index (χ1v) is 6.42. The van der Waals surface area contributed by atoms with E-state index in [-0.39, 0.29) is 5.91 Å². The molecule has 0 radical (unpaired) electrons. The fraction of sp³-hybridized carbons (Fsp3) is 0.125. The van der Waals surface area contributed by atoms with Crippen LogP contribution in [0.2, 0.25) is 0 Å². The van der Waals surface area contributed by atoms with Gasteiger partial charge in [0.15, 0.2) is 6.61 Å². The number of hydrogen-bond donors (Lipinski definition) is 2. The van der Waals surface area contributed by atoms with Gasteiger partial charge in [-0.05, 0) is 29.8 Å². The van der Waals surface area contributed by atoms with E-state index in [0.717, 1.165) is 5.56 Å². The van der Waals surface area contributed by atoms with Gasteiger partial charge in [0, 0.05) is 12.1 Å². The van der Waals surface area contributed by atoms with E-state index < -0.39 is 12.6 Å². The summed E-state index contributed by atoms with van der Waals surface area (Å²) in [5.74, 6) is -0.819. The van der Waals surface area contributed by atoms with Crippen LogP contribution in [-0.2, 0) is 11.3 Å². The topological polar surface area (TPSA) is 75.6 Å². The Labute approximate surface area is 122 Å². The molecule has 0 bridgehead atoms. The quantitative estimate of drug-likeness (QED) is 0.852. The van der Waals surface area contributed by atoms with Crippen LogP contribution in [0.1, 0.15) is 15.9 Å². The fourth-order valence-electron chi connectivity index (χ4n) is 1.73. The zero-order chi connectivity index (χ0) is 15.1. The van der Waals surface area contributed by atoms with Crippen molar-refractivity contribution in [3.8, 4) is 5.75 Å². The molecule has 108 valence electrons. The predicted molar refractivity (Wildman–Crippen MR) is 77.2 cm³/mol. The van der Waals surface area contributed by atoms with Gasteiger partial charge in [0.2, 0.25) is 0 Å². The van der Waals surface area contributed by atoms with Gasteiger partial charge in [0.1, 0.15) is 5.75 Å². The number of aliphatic carboxylic acids is 1. The molecule has 1 amide bonds. The van der Waals surface area contributed by atoms with E-state index in [9.17, 15) is 9.59 Å². The van der Waals surface area contributed by atoms with Gasteiger partial charge in [-0.25, -0.2) is 4.79 Å². The molecule has 0 atom stereocenters. The number of nitrogens with one attached hydrogen (secondary N) is 1. The van der Waals surface area contributed by atoms with Crippen molar-refractivity contribution in [2.75, 3.05) is 6.61 Å². The number of rotatable bonds is 6. The third-order valence-corrected chi connectivity index (χ3v) is 2.77. The van der Waals surface area contributed by atoms with Crippen LogP contribution in [0.15, 0.2) is 54.6 Å². The number of carboxylic acid groups (broad SMARTS) is 1. The second-order valence-electron chi connectivity index (χ2n) is 4.38. The molecule has 0 spiro atoms. The summed E-state index contributed by atoms with van der Waals surface area (Å²) < 4.78 is 5.00. The highest BCUT2D eigenvalue weighted by atomic mass is 16.5. The Bertz CT molecular complexity index is 608. The summed E-state index contributed by atoms with van der Waals surface area (Å²) in [5.41, 5.74) is 1.51. The van der Waals surface area contributed by atoms with Crippen molar-refractivity contribution in [3.05, 3.63) is 65.7 Å². The minimum Gasteiger partial charge on any atom is -0.482 e. The maximum Gasteiger partial charge on any atom is 0.341 e. The van der Waals surface area contributed by atoms with Gasteiger partial charge in [0.05, 0.1) is 0 Å². The molecule has 0 aliphatic carbocycles. The van der Waals surface area contributed by atoms with Crippen LogP contribution >= 0.6 is 0 Å². The van der Waals surface area contributed by atoms with E-state index in [0.29, 0.717) is 17.9 Å². The molecular formula is C16H15NO4. The Morgan fingerprint density at radius 3 is 2.29 bits per heavy atom. The summed E-state index contributed by atoms with van der Waals surface area (Å²) in [6, 6.07) is 15.9. The molecule has 0 saturated carbocycles. The number of carbonyl (C=O) groups excluding carboxylic acids is 1. The van der Waals surface area contributed by atoms with E-state index in [1.54, 1.807) is 24.3 Å². The molecule has 0 aliphatic heterocycles. The first-order valence-electron chi connectivity index (χ1n) is 6.42. The number of ether oxygens (including phenoxy) is 1. The average Bonchev–Trinajstić information content (AvgIpc) is 2.52. The summed E-state index contributed by atoms with van der Waals surface area (Å²) in [4.78, 5) is 22.3. The van der Waals surface area contributed by atoms with Crippen molar-refractivity contribution in [2.24, 2.45) is 0 Å². The third kappa shape index (κ3) is 4.65. The minimum absolute atomic E-state index is 0.191. The van der Waals surface area contributed by atoms with Crippen LogP contribution in [0.25, 0.3) is 0 Å². The van der Waals surface area contributed by atoms with Crippen molar-refractivity contribution in [2.45, 2.75) is 6.54 Å². The SMILES string of the molecule is O=C(O)COc1ccc(C(=O)NCc2ccccc2)cc1. The second kappa shape index (κ2) is 7.09. The molecule has 2 aromatic carbocycles. The van der Waals surface area contributed by atoms with Crippen LogP contribution in [-0.4, -0.2) is 23.6 Å². The molecule has 0 unspecified atom stereocenters. The maximum atomic E-state index is 11.9. The fourth-order valence-corrected chi connectivity index (χ4v) is 1.73. The van der Waals surface area contributed by atoms with E-state index in [1.165, 1.54) is 0 Å². The van der Waals surface area contributed by atoms with Crippen molar-refractivity contribution >= 4 is 11.9 Å². The monoisotopic (exact) mass is 285 g/mol. The summed E-state index contributed by atoms with van der Waals surface area (Å²) in [6.45, 7) is 0.0521. The molecule has 0 heterocycles. The molecule has 2 N–H and O–H groups in total. The normalized spacial score (nSPS) is 9.90. The zero-order valence-electron chi connectivity index (χ0n) is 11.3. The van der Waals surface area contributed by atoms with Crippen molar-refractivity contribution in [1.29, 1.82) is 0 Å². The Kier molecular flexibility index (Phi) is 4.93. The van der Waals surface area contributed by atoms with Gasteiger partial charge in [0.25, 0.3) is 5.91 Å². The smallest absolute Gasteiger partial charge is 0.341 e. The molecule has 5 nitrogen and oxygen atoms in total. The van der Waals surface area contributed by atoms with E-state index >= 15 is 0 Å². The van der Waals surface area contributed by atoms with Crippen LogP contribution in [0, 0.1) is 0 Å². The Morgan fingerprint density at radius 1 is 1.00 bits per heavy atom. The zero-order valence-corrected chi connectivity index (χ0v) is 11.3. The highest BCUT2D eigenvalue weighted by molar-refractivity contribution is 5.94. The molecule has 0 saturated heterocycles.